The monoisotopic (exact) mass is 330 g/mol. The molecule has 0 aliphatic rings. The summed E-state index contributed by atoms with van der Waals surface area (Å²) in [6, 6.07) is 18.6. The van der Waals surface area contributed by atoms with E-state index < -0.39 is 0 Å². The highest BCUT2D eigenvalue weighted by atomic mass is 32.2. The average Bonchev–Trinajstić information content (AvgIpc) is 2.53. The van der Waals surface area contributed by atoms with Crippen LogP contribution in [-0.4, -0.2) is 17.4 Å². The van der Waals surface area contributed by atoms with Crippen molar-refractivity contribution in [3.8, 4) is 0 Å². The van der Waals surface area contributed by atoms with Gasteiger partial charge in [-0.15, -0.1) is 0 Å². The summed E-state index contributed by atoms with van der Waals surface area (Å²) in [5.74, 6) is 2.22. The zero-order valence-corrected chi connectivity index (χ0v) is 14.5. The van der Waals surface area contributed by atoms with E-state index in [2.05, 4.69) is 41.8 Å². The molecule has 0 aromatic heterocycles. The van der Waals surface area contributed by atoms with Crippen molar-refractivity contribution in [1.29, 1.82) is 0 Å². The SMILES string of the molecule is Cc1ccccc1CSCCCNC(=S)Nc1ccccc1. The lowest BCUT2D eigenvalue weighted by Gasteiger charge is -2.10. The number of benzene rings is 2. The van der Waals surface area contributed by atoms with Gasteiger partial charge in [0.1, 0.15) is 0 Å². The minimum Gasteiger partial charge on any atom is -0.362 e. The van der Waals surface area contributed by atoms with Gasteiger partial charge in [-0.05, 0) is 54.6 Å². The van der Waals surface area contributed by atoms with Crippen molar-refractivity contribution in [3.63, 3.8) is 0 Å². The van der Waals surface area contributed by atoms with E-state index >= 15 is 0 Å². The Bertz CT molecular complexity index is 585. The number of anilines is 1. The van der Waals surface area contributed by atoms with Crippen LogP contribution in [-0.2, 0) is 5.75 Å². The quantitative estimate of drug-likeness (QED) is 0.572. The van der Waals surface area contributed by atoms with Gasteiger partial charge in [-0.3, -0.25) is 0 Å². The molecular formula is C18H22N2S2. The van der Waals surface area contributed by atoms with Gasteiger partial charge in [-0.1, -0.05) is 42.5 Å². The molecule has 0 saturated carbocycles. The van der Waals surface area contributed by atoms with Gasteiger partial charge >= 0.3 is 0 Å². The summed E-state index contributed by atoms with van der Waals surface area (Å²) >= 11 is 7.25. The van der Waals surface area contributed by atoms with Crippen molar-refractivity contribution >= 4 is 34.8 Å². The van der Waals surface area contributed by atoms with E-state index in [0.29, 0.717) is 5.11 Å². The average molecular weight is 331 g/mol. The van der Waals surface area contributed by atoms with Crippen LogP contribution in [0, 0.1) is 6.92 Å². The topological polar surface area (TPSA) is 24.1 Å². The molecule has 0 unspecified atom stereocenters. The summed E-state index contributed by atoms with van der Waals surface area (Å²) in [7, 11) is 0. The molecule has 0 atom stereocenters. The molecule has 2 N–H and O–H groups in total. The maximum atomic E-state index is 5.28. The second-order valence-corrected chi connectivity index (χ2v) is 6.59. The zero-order chi connectivity index (χ0) is 15.6. The van der Waals surface area contributed by atoms with Gasteiger partial charge in [-0.2, -0.15) is 11.8 Å². The van der Waals surface area contributed by atoms with Crippen LogP contribution in [0.1, 0.15) is 17.5 Å². The Balaban J connectivity index is 1.56. The Morgan fingerprint density at radius 1 is 1.05 bits per heavy atom. The van der Waals surface area contributed by atoms with E-state index in [4.69, 9.17) is 12.2 Å². The molecule has 0 saturated heterocycles. The fourth-order valence-electron chi connectivity index (χ4n) is 2.03. The third-order valence-electron chi connectivity index (χ3n) is 3.30. The molecule has 0 aliphatic heterocycles. The molecule has 2 nitrogen and oxygen atoms in total. The Kier molecular flexibility index (Phi) is 7.26. The fourth-order valence-corrected chi connectivity index (χ4v) is 3.28. The Hall–Kier alpha value is -1.52. The number of hydrogen-bond donors (Lipinski definition) is 2. The third-order valence-corrected chi connectivity index (χ3v) is 4.64. The first-order chi connectivity index (χ1) is 10.8. The molecule has 0 spiro atoms. The summed E-state index contributed by atoms with van der Waals surface area (Å²) in [5.41, 5.74) is 3.83. The normalized spacial score (nSPS) is 10.2. The first-order valence-electron chi connectivity index (χ1n) is 7.48. The molecule has 2 aromatic rings. The van der Waals surface area contributed by atoms with Crippen LogP contribution < -0.4 is 10.6 Å². The van der Waals surface area contributed by atoms with Gasteiger partial charge in [0, 0.05) is 18.0 Å². The van der Waals surface area contributed by atoms with Gasteiger partial charge in [0.2, 0.25) is 0 Å². The van der Waals surface area contributed by atoms with Crippen LogP contribution >= 0.6 is 24.0 Å². The molecular weight excluding hydrogens is 308 g/mol. The smallest absolute Gasteiger partial charge is 0.170 e. The van der Waals surface area contributed by atoms with E-state index in [1.165, 1.54) is 11.1 Å². The molecule has 0 fully saturated rings. The van der Waals surface area contributed by atoms with E-state index in [1.54, 1.807) is 0 Å². The number of thiocarbonyl (C=S) groups is 1. The summed E-state index contributed by atoms with van der Waals surface area (Å²) in [4.78, 5) is 0. The second-order valence-electron chi connectivity index (χ2n) is 5.08. The third kappa shape index (κ3) is 6.08. The molecule has 22 heavy (non-hydrogen) atoms. The van der Waals surface area contributed by atoms with Crippen LogP contribution in [0.15, 0.2) is 54.6 Å². The van der Waals surface area contributed by atoms with Gasteiger partial charge in [0.05, 0.1) is 0 Å². The molecule has 2 aromatic carbocycles. The minimum absolute atomic E-state index is 0.690. The first kappa shape index (κ1) is 16.8. The number of rotatable bonds is 7. The van der Waals surface area contributed by atoms with E-state index in [-0.39, 0.29) is 0 Å². The second kappa shape index (κ2) is 9.49. The van der Waals surface area contributed by atoms with Crippen LogP contribution in [0.4, 0.5) is 5.69 Å². The minimum atomic E-state index is 0.690. The number of aryl methyl sites for hydroxylation is 1. The van der Waals surface area contributed by atoms with Crippen LogP contribution in [0.3, 0.4) is 0 Å². The molecule has 0 aliphatic carbocycles. The summed E-state index contributed by atoms with van der Waals surface area (Å²) in [6.07, 6.45) is 1.10. The van der Waals surface area contributed by atoms with E-state index in [1.807, 2.05) is 42.1 Å². The predicted octanol–water partition coefficient (Wildman–Crippen LogP) is 4.60. The van der Waals surface area contributed by atoms with E-state index in [0.717, 1.165) is 30.2 Å². The number of nitrogens with one attached hydrogen (secondary N) is 2. The molecule has 4 heteroatoms. The Morgan fingerprint density at radius 3 is 2.55 bits per heavy atom. The van der Waals surface area contributed by atoms with Crippen LogP contribution in [0.2, 0.25) is 0 Å². The highest BCUT2D eigenvalue weighted by Gasteiger charge is 1.98. The lowest BCUT2D eigenvalue weighted by molar-refractivity contribution is 0.854. The largest absolute Gasteiger partial charge is 0.362 e. The van der Waals surface area contributed by atoms with Crippen molar-refractivity contribution < 1.29 is 0 Å². The van der Waals surface area contributed by atoms with Crippen molar-refractivity contribution in [2.24, 2.45) is 0 Å². The fraction of sp³-hybridized carbons (Fsp3) is 0.278. The molecule has 0 amide bonds. The summed E-state index contributed by atoms with van der Waals surface area (Å²) in [5, 5.41) is 7.12. The maximum Gasteiger partial charge on any atom is 0.170 e. The van der Waals surface area contributed by atoms with Crippen molar-refractivity contribution in [3.05, 3.63) is 65.7 Å². The number of thioether (sulfide) groups is 1. The van der Waals surface area contributed by atoms with Gasteiger partial charge < -0.3 is 10.6 Å². The summed E-state index contributed by atoms with van der Waals surface area (Å²) < 4.78 is 0. The van der Waals surface area contributed by atoms with Crippen molar-refractivity contribution in [1.82, 2.24) is 5.32 Å². The lowest BCUT2D eigenvalue weighted by Crippen LogP contribution is -2.29. The standard InChI is InChI=1S/C18H22N2S2/c1-15-8-5-6-9-16(15)14-22-13-7-12-19-18(21)20-17-10-3-2-4-11-17/h2-6,8-11H,7,12-14H2,1H3,(H2,19,20,21). The Labute approximate surface area is 142 Å². The molecule has 2 rings (SSSR count). The molecule has 0 radical (unpaired) electrons. The number of para-hydroxylation sites is 1. The van der Waals surface area contributed by atoms with E-state index in [9.17, 15) is 0 Å². The summed E-state index contributed by atoms with van der Waals surface area (Å²) in [6.45, 7) is 3.07. The van der Waals surface area contributed by atoms with Gasteiger partial charge in [0.25, 0.3) is 0 Å². The molecule has 0 bridgehead atoms. The van der Waals surface area contributed by atoms with Crippen LogP contribution in [0.5, 0.6) is 0 Å². The zero-order valence-electron chi connectivity index (χ0n) is 12.8. The molecule has 116 valence electrons. The van der Waals surface area contributed by atoms with Crippen molar-refractivity contribution in [2.45, 2.75) is 19.1 Å². The molecule has 0 heterocycles. The number of hydrogen-bond acceptors (Lipinski definition) is 2. The van der Waals surface area contributed by atoms with Crippen molar-refractivity contribution in [2.75, 3.05) is 17.6 Å². The Morgan fingerprint density at radius 2 is 1.77 bits per heavy atom. The van der Waals surface area contributed by atoms with Gasteiger partial charge in [0.15, 0.2) is 5.11 Å². The van der Waals surface area contributed by atoms with Gasteiger partial charge in [-0.25, -0.2) is 0 Å². The maximum absolute atomic E-state index is 5.28. The highest BCUT2D eigenvalue weighted by Crippen LogP contribution is 2.16. The van der Waals surface area contributed by atoms with Crippen LogP contribution in [0.25, 0.3) is 0 Å². The first-order valence-corrected chi connectivity index (χ1v) is 9.04. The predicted molar refractivity (Wildman–Crippen MR) is 103 cm³/mol. The highest BCUT2D eigenvalue weighted by molar-refractivity contribution is 7.98. The lowest BCUT2D eigenvalue weighted by atomic mass is 10.1.